The van der Waals surface area contributed by atoms with Gasteiger partial charge in [0.2, 0.25) is 11.8 Å². The van der Waals surface area contributed by atoms with Gasteiger partial charge in [0.25, 0.3) is 0 Å². The number of rotatable bonds is 6. The van der Waals surface area contributed by atoms with Gasteiger partial charge in [0.15, 0.2) is 0 Å². The maximum atomic E-state index is 13.6. The smallest absolute Gasteiger partial charge is 0.339 e. The number of carbonyl (C=O) groups excluding carboxylic acids is 3. The lowest BCUT2D eigenvalue weighted by atomic mass is 10.1. The minimum Gasteiger partial charge on any atom is -0.465 e. The van der Waals surface area contributed by atoms with Gasteiger partial charge in [-0.2, -0.15) is 0 Å². The number of anilines is 2. The van der Waals surface area contributed by atoms with Crippen LogP contribution in [0.15, 0.2) is 48.5 Å². The quantitative estimate of drug-likeness (QED) is 0.806. The molecule has 0 saturated heterocycles. The standard InChI is InChI=1S/C19H19FN2O4/c1-13(23)22(17-10-6-3-7-14(17)19(25)26-2)12-11-18(24)21-16-9-5-4-8-15(16)20/h3-10H,11-12H2,1-2H3,(H,21,24). The summed E-state index contributed by atoms with van der Waals surface area (Å²) < 4.78 is 18.3. The Labute approximate surface area is 150 Å². The Hall–Kier alpha value is -3.22. The van der Waals surface area contributed by atoms with Crippen LogP contribution < -0.4 is 10.2 Å². The van der Waals surface area contributed by atoms with Gasteiger partial charge in [0.1, 0.15) is 5.82 Å². The van der Waals surface area contributed by atoms with Crippen molar-refractivity contribution in [2.45, 2.75) is 13.3 Å². The van der Waals surface area contributed by atoms with Crippen LogP contribution in [0.5, 0.6) is 0 Å². The van der Waals surface area contributed by atoms with Gasteiger partial charge in [-0.15, -0.1) is 0 Å². The third-order valence-corrected chi connectivity index (χ3v) is 3.69. The molecule has 0 radical (unpaired) electrons. The Bertz CT molecular complexity index is 823. The third-order valence-electron chi connectivity index (χ3n) is 3.69. The van der Waals surface area contributed by atoms with E-state index >= 15 is 0 Å². The molecule has 0 fully saturated rings. The molecule has 1 N–H and O–H groups in total. The molecule has 0 aromatic heterocycles. The molecule has 2 aromatic rings. The van der Waals surface area contributed by atoms with E-state index in [1.165, 1.54) is 43.2 Å². The highest BCUT2D eigenvalue weighted by Gasteiger charge is 2.20. The van der Waals surface area contributed by atoms with E-state index in [1.807, 2.05) is 0 Å². The molecular formula is C19H19FN2O4. The number of benzene rings is 2. The first-order valence-electron chi connectivity index (χ1n) is 7.94. The van der Waals surface area contributed by atoms with E-state index in [-0.39, 0.29) is 30.1 Å². The largest absolute Gasteiger partial charge is 0.465 e. The molecule has 0 heterocycles. The normalized spacial score (nSPS) is 10.1. The molecule has 26 heavy (non-hydrogen) atoms. The van der Waals surface area contributed by atoms with Crippen LogP contribution in [0.4, 0.5) is 15.8 Å². The molecule has 0 aliphatic rings. The third kappa shape index (κ3) is 4.66. The van der Waals surface area contributed by atoms with Crippen LogP contribution in [0.25, 0.3) is 0 Å². The van der Waals surface area contributed by atoms with Crippen molar-refractivity contribution in [1.82, 2.24) is 0 Å². The van der Waals surface area contributed by atoms with Gasteiger partial charge in [-0.1, -0.05) is 24.3 Å². The summed E-state index contributed by atoms with van der Waals surface area (Å²) in [5.41, 5.74) is 0.645. The monoisotopic (exact) mass is 358 g/mol. The second kappa shape index (κ2) is 8.75. The fourth-order valence-electron chi connectivity index (χ4n) is 2.43. The number of para-hydroxylation sites is 2. The highest BCUT2D eigenvalue weighted by atomic mass is 19.1. The van der Waals surface area contributed by atoms with E-state index < -0.39 is 17.7 Å². The molecule has 0 aliphatic carbocycles. The van der Waals surface area contributed by atoms with Crippen molar-refractivity contribution in [3.05, 3.63) is 59.9 Å². The number of carbonyl (C=O) groups is 3. The van der Waals surface area contributed by atoms with Crippen molar-refractivity contribution in [3.8, 4) is 0 Å². The number of ether oxygens (including phenoxy) is 1. The Morgan fingerprint density at radius 1 is 1.08 bits per heavy atom. The molecular weight excluding hydrogens is 339 g/mol. The summed E-state index contributed by atoms with van der Waals surface area (Å²) in [5.74, 6) is -1.90. The predicted octanol–water partition coefficient (Wildman–Crippen LogP) is 2.99. The maximum Gasteiger partial charge on any atom is 0.339 e. The number of methoxy groups -OCH3 is 1. The van der Waals surface area contributed by atoms with Crippen LogP contribution >= 0.6 is 0 Å². The zero-order valence-electron chi connectivity index (χ0n) is 14.5. The first-order chi connectivity index (χ1) is 12.4. The zero-order chi connectivity index (χ0) is 19.1. The summed E-state index contributed by atoms with van der Waals surface area (Å²) in [5, 5.41) is 2.46. The Morgan fingerprint density at radius 3 is 2.38 bits per heavy atom. The van der Waals surface area contributed by atoms with Crippen molar-refractivity contribution in [1.29, 1.82) is 0 Å². The fourth-order valence-corrected chi connectivity index (χ4v) is 2.43. The van der Waals surface area contributed by atoms with Gasteiger partial charge in [0.05, 0.1) is 24.0 Å². The average molecular weight is 358 g/mol. The van der Waals surface area contributed by atoms with Gasteiger partial charge in [-0.3, -0.25) is 9.59 Å². The molecule has 2 aromatic carbocycles. The van der Waals surface area contributed by atoms with E-state index in [0.29, 0.717) is 5.69 Å². The summed E-state index contributed by atoms with van der Waals surface area (Å²) >= 11 is 0. The highest BCUT2D eigenvalue weighted by molar-refractivity contribution is 6.02. The van der Waals surface area contributed by atoms with Gasteiger partial charge in [-0.25, -0.2) is 9.18 Å². The van der Waals surface area contributed by atoms with Crippen molar-refractivity contribution in [2.24, 2.45) is 0 Å². The molecule has 0 atom stereocenters. The van der Waals surface area contributed by atoms with E-state index in [2.05, 4.69) is 5.32 Å². The molecule has 0 aliphatic heterocycles. The van der Waals surface area contributed by atoms with Crippen molar-refractivity contribution >= 4 is 29.2 Å². The molecule has 6 nitrogen and oxygen atoms in total. The van der Waals surface area contributed by atoms with Crippen LogP contribution in [0.1, 0.15) is 23.7 Å². The number of hydrogen-bond acceptors (Lipinski definition) is 4. The highest BCUT2D eigenvalue weighted by Crippen LogP contribution is 2.22. The van der Waals surface area contributed by atoms with E-state index in [1.54, 1.807) is 24.3 Å². The molecule has 0 saturated carbocycles. The summed E-state index contributed by atoms with van der Waals surface area (Å²) in [6.45, 7) is 1.37. The first kappa shape index (κ1) is 19.1. The van der Waals surface area contributed by atoms with Crippen molar-refractivity contribution < 1.29 is 23.5 Å². The minimum atomic E-state index is -0.581. The lowest BCUT2D eigenvalue weighted by Gasteiger charge is -2.23. The number of nitrogens with zero attached hydrogens (tertiary/aromatic N) is 1. The lowest BCUT2D eigenvalue weighted by molar-refractivity contribution is -0.117. The number of nitrogens with one attached hydrogen (secondary N) is 1. The summed E-state index contributed by atoms with van der Waals surface area (Å²) in [4.78, 5) is 37.3. The summed E-state index contributed by atoms with van der Waals surface area (Å²) in [6, 6.07) is 12.3. The van der Waals surface area contributed by atoms with Crippen LogP contribution in [0.2, 0.25) is 0 Å². The average Bonchev–Trinajstić information content (AvgIpc) is 2.63. The number of esters is 1. The van der Waals surface area contributed by atoms with Gasteiger partial charge >= 0.3 is 5.97 Å². The van der Waals surface area contributed by atoms with Gasteiger partial charge in [-0.05, 0) is 24.3 Å². The molecule has 136 valence electrons. The minimum absolute atomic E-state index is 0.0314. The molecule has 7 heteroatoms. The Balaban J connectivity index is 2.12. The SMILES string of the molecule is COC(=O)c1ccccc1N(CCC(=O)Nc1ccccc1F)C(C)=O. The number of amides is 2. The fraction of sp³-hybridized carbons (Fsp3) is 0.211. The molecule has 2 amide bonds. The second-order valence-electron chi connectivity index (χ2n) is 5.46. The Kier molecular flexibility index (Phi) is 6.43. The van der Waals surface area contributed by atoms with Crippen LogP contribution in [0, 0.1) is 5.82 Å². The molecule has 0 bridgehead atoms. The maximum absolute atomic E-state index is 13.6. The van der Waals surface area contributed by atoms with Crippen LogP contribution in [-0.4, -0.2) is 31.4 Å². The van der Waals surface area contributed by atoms with E-state index in [9.17, 15) is 18.8 Å². The van der Waals surface area contributed by atoms with Crippen LogP contribution in [-0.2, 0) is 14.3 Å². The number of hydrogen-bond donors (Lipinski definition) is 1. The van der Waals surface area contributed by atoms with E-state index in [4.69, 9.17) is 4.74 Å². The topological polar surface area (TPSA) is 75.7 Å². The molecule has 0 unspecified atom stereocenters. The molecule has 2 rings (SSSR count). The second-order valence-corrected chi connectivity index (χ2v) is 5.46. The van der Waals surface area contributed by atoms with Crippen molar-refractivity contribution in [2.75, 3.05) is 23.9 Å². The van der Waals surface area contributed by atoms with Gasteiger partial charge in [0, 0.05) is 19.9 Å². The summed E-state index contributed by atoms with van der Waals surface area (Å²) in [7, 11) is 1.25. The predicted molar refractivity (Wildman–Crippen MR) is 95.5 cm³/mol. The summed E-state index contributed by atoms with van der Waals surface area (Å²) in [6.07, 6.45) is -0.0661. The van der Waals surface area contributed by atoms with Crippen LogP contribution in [0.3, 0.4) is 0 Å². The van der Waals surface area contributed by atoms with Gasteiger partial charge < -0.3 is 15.0 Å². The molecule has 0 spiro atoms. The zero-order valence-corrected chi connectivity index (χ0v) is 14.5. The van der Waals surface area contributed by atoms with Crippen molar-refractivity contribution in [3.63, 3.8) is 0 Å². The van der Waals surface area contributed by atoms with E-state index in [0.717, 1.165) is 0 Å². The first-order valence-corrected chi connectivity index (χ1v) is 7.94. The number of halogens is 1. The Morgan fingerprint density at radius 2 is 1.73 bits per heavy atom. The lowest BCUT2D eigenvalue weighted by Crippen LogP contribution is -2.33.